The standard InChI is InChI=1S/C13H26N2S/c1-13(2,3)15-7-4-11(5-8-15)14-12-6-9-16-10-12/h11-12,14H,4-10H2,1-3H3. The molecule has 0 amide bonds. The van der Waals surface area contributed by atoms with Gasteiger partial charge in [0.1, 0.15) is 0 Å². The molecule has 2 saturated heterocycles. The van der Waals surface area contributed by atoms with Gasteiger partial charge in [0.25, 0.3) is 0 Å². The van der Waals surface area contributed by atoms with Crippen LogP contribution >= 0.6 is 11.8 Å². The van der Waals surface area contributed by atoms with E-state index in [4.69, 9.17) is 0 Å². The Kier molecular flexibility index (Phi) is 4.20. The Balaban J connectivity index is 1.72. The Bertz CT molecular complexity index is 210. The third-order valence-corrected chi connectivity index (χ3v) is 5.01. The van der Waals surface area contributed by atoms with Crippen molar-refractivity contribution in [1.29, 1.82) is 0 Å². The van der Waals surface area contributed by atoms with Crippen molar-refractivity contribution in [1.82, 2.24) is 10.2 Å². The maximum atomic E-state index is 3.84. The van der Waals surface area contributed by atoms with Gasteiger partial charge in [-0.05, 0) is 45.8 Å². The second kappa shape index (κ2) is 5.28. The van der Waals surface area contributed by atoms with Crippen molar-refractivity contribution >= 4 is 11.8 Å². The number of nitrogens with one attached hydrogen (secondary N) is 1. The summed E-state index contributed by atoms with van der Waals surface area (Å²) in [6.45, 7) is 9.51. The first-order chi connectivity index (χ1) is 7.55. The van der Waals surface area contributed by atoms with Gasteiger partial charge < -0.3 is 5.32 Å². The topological polar surface area (TPSA) is 15.3 Å². The molecule has 2 aliphatic heterocycles. The van der Waals surface area contributed by atoms with E-state index in [1.165, 1.54) is 43.9 Å². The SMILES string of the molecule is CC(C)(C)N1CCC(NC2CCSC2)CC1. The Hall–Kier alpha value is 0.270. The van der Waals surface area contributed by atoms with Crippen LogP contribution in [0.4, 0.5) is 0 Å². The van der Waals surface area contributed by atoms with E-state index in [2.05, 4.69) is 42.7 Å². The van der Waals surface area contributed by atoms with Crippen molar-refractivity contribution < 1.29 is 0 Å². The molecule has 1 N–H and O–H groups in total. The molecule has 0 bridgehead atoms. The number of nitrogens with zero attached hydrogens (tertiary/aromatic N) is 1. The lowest BCUT2D eigenvalue weighted by Gasteiger charge is -2.41. The van der Waals surface area contributed by atoms with E-state index in [-0.39, 0.29) is 0 Å². The molecule has 1 atom stereocenters. The van der Waals surface area contributed by atoms with E-state index in [9.17, 15) is 0 Å². The maximum absolute atomic E-state index is 3.84. The highest BCUT2D eigenvalue weighted by molar-refractivity contribution is 7.99. The molecule has 0 spiro atoms. The van der Waals surface area contributed by atoms with Crippen LogP contribution in [0.15, 0.2) is 0 Å². The van der Waals surface area contributed by atoms with Crippen LogP contribution in [0.25, 0.3) is 0 Å². The van der Waals surface area contributed by atoms with Gasteiger partial charge in [-0.15, -0.1) is 0 Å². The molecule has 0 aromatic rings. The highest BCUT2D eigenvalue weighted by Crippen LogP contribution is 2.22. The van der Waals surface area contributed by atoms with Crippen molar-refractivity contribution in [2.75, 3.05) is 24.6 Å². The van der Waals surface area contributed by atoms with Crippen LogP contribution in [0.5, 0.6) is 0 Å². The summed E-state index contributed by atoms with van der Waals surface area (Å²) in [6.07, 6.45) is 4.04. The Labute approximate surface area is 105 Å². The number of rotatable bonds is 2. The molecule has 94 valence electrons. The minimum absolute atomic E-state index is 0.355. The van der Waals surface area contributed by atoms with Crippen LogP contribution in [-0.4, -0.2) is 47.1 Å². The third kappa shape index (κ3) is 3.38. The molecule has 1 unspecified atom stereocenters. The number of piperidine rings is 1. The average Bonchev–Trinajstić information content (AvgIpc) is 2.70. The van der Waals surface area contributed by atoms with Gasteiger partial charge in [-0.1, -0.05) is 0 Å². The van der Waals surface area contributed by atoms with E-state index in [1.807, 2.05) is 0 Å². The number of thioether (sulfide) groups is 1. The fourth-order valence-electron chi connectivity index (χ4n) is 2.72. The molecular weight excluding hydrogens is 216 g/mol. The van der Waals surface area contributed by atoms with Crippen LogP contribution in [0.1, 0.15) is 40.0 Å². The largest absolute Gasteiger partial charge is 0.310 e. The van der Waals surface area contributed by atoms with Crippen molar-refractivity contribution in [2.24, 2.45) is 0 Å². The van der Waals surface area contributed by atoms with E-state index in [0.717, 1.165) is 12.1 Å². The van der Waals surface area contributed by atoms with Crippen LogP contribution in [0.3, 0.4) is 0 Å². The predicted octanol–water partition coefficient (Wildman–Crippen LogP) is 2.34. The van der Waals surface area contributed by atoms with Gasteiger partial charge in [0, 0.05) is 36.5 Å². The quantitative estimate of drug-likeness (QED) is 0.800. The number of hydrogen-bond acceptors (Lipinski definition) is 3. The fourth-order valence-corrected chi connectivity index (χ4v) is 3.88. The van der Waals surface area contributed by atoms with E-state index in [1.54, 1.807) is 0 Å². The Morgan fingerprint density at radius 1 is 1.06 bits per heavy atom. The van der Waals surface area contributed by atoms with Gasteiger partial charge in [0.2, 0.25) is 0 Å². The first-order valence-electron chi connectivity index (χ1n) is 6.64. The summed E-state index contributed by atoms with van der Waals surface area (Å²) in [5.41, 5.74) is 0.355. The van der Waals surface area contributed by atoms with Gasteiger partial charge in [-0.25, -0.2) is 0 Å². The molecule has 0 aromatic heterocycles. The van der Waals surface area contributed by atoms with E-state index in [0.29, 0.717) is 5.54 Å². The highest BCUT2D eigenvalue weighted by atomic mass is 32.2. The molecule has 0 aliphatic carbocycles. The zero-order chi connectivity index (χ0) is 11.6. The fraction of sp³-hybridized carbons (Fsp3) is 1.00. The number of likely N-dealkylation sites (tertiary alicyclic amines) is 1. The molecule has 2 rings (SSSR count). The Morgan fingerprint density at radius 2 is 1.75 bits per heavy atom. The molecule has 0 saturated carbocycles. The number of hydrogen-bond donors (Lipinski definition) is 1. The summed E-state index contributed by atoms with van der Waals surface area (Å²) < 4.78 is 0. The van der Waals surface area contributed by atoms with E-state index >= 15 is 0 Å². The molecule has 2 heterocycles. The molecule has 0 radical (unpaired) electrons. The molecule has 2 aliphatic rings. The second-order valence-corrected chi connectivity index (χ2v) is 7.31. The first kappa shape index (κ1) is 12.7. The van der Waals surface area contributed by atoms with Gasteiger partial charge in [0.05, 0.1) is 0 Å². The maximum Gasteiger partial charge on any atom is 0.0168 e. The molecule has 0 aromatic carbocycles. The minimum Gasteiger partial charge on any atom is -0.310 e. The lowest BCUT2D eigenvalue weighted by molar-refractivity contribution is 0.0944. The monoisotopic (exact) mass is 242 g/mol. The van der Waals surface area contributed by atoms with Crippen LogP contribution < -0.4 is 5.32 Å². The molecule has 2 nitrogen and oxygen atoms in total. The molecular formula is C13H26N2S. The summed E-state index contributed by atoms with van der Waals surface area (Å²) in [5, 5.41) is 3.84. The van der Waals surface area contributed by atoms with Crippen molar-refractivity contribution in [3.05, 3.63) is 0 Å². The summed E-state index contributed by atoms with van der Waals surface area (Å²) >= 11 is 2.10. The summed E-state index contributed by atoms with van der Waals surface area (Å²) in [4.78, 5) is 2.62. The Morgan fingerprint density at radius 3 is 2.25 bits per heavy atom. The highest BCUT2D eigenvalue weighted by Gasteiger charge is 2.28. The summed E-state index contributed by atoms with van der Waals surface area (Å²) in [5.74, 6) is 2.69. The third-order valence-electron chi connectivity index (χ3n) is 3.84. The smallest absolute Gasteiger partial charge is 0.0168 e. The van der Waals surface area contributed by atoms with E-state index < -0.39 is 0 Å². The van der Waals surface area contributed by atoms with Crippen molar-refractivity contribution in [3.63, 3.8) is 0 Å². The van der Waals surface area contributed by atoms with Gasteiger partial charge in [-0.3, -0.25) is 4.90 Å². The lowest BCUT2D eigenvalue weighted by atomic mass is 9.97. The van der Waals surface area contributed by atoms with Gasteiger partial charge in [0.15, 0.2) is 0 Å². The van der Waals surface area contributed by atoms with Gasteiger partial charge in [-0.2, -0.15) is 11.8 Å². The molecule has 2 fully saturated rings. The molecule has 3 heteroatoms. The second-order valence-electron chi connectivity index (χ2n) is 6.16. The van der Waals surface area contributed by atoms with Crippen LogP contribution in [0, 0.1) is 0 Å². The van der Waals surface area contributed by atoms with Crippen LogP contribution in [0.2, 0.25) is 0 Å². The van der Waals surface area contributed by atoms with Crippen molar-refractivity contribution in [3.8, 4) is 0 Å². The zero-order valence-electron chi connectivity index (χ0n) is 11.0. The van der Waals surface area contributed by atoms with Gasteiger partial charge >= 0.3 is 0 Å². The first-order valence-corrected chi connectivity index (χ1v) is 7.80. The predicted molar refractivity (Wildman–Crippen MR) is 73.2 cm³/mol. The zero-order valence-corrected chi connectivity index (χ0v) is 11.8. The normalized spacial score (nSPS) is 29.8. The lowest BCUT2D eigenvalue weighted by Crippen LogP contribution is -2.51. The summed E-state index contributed by atoms with van der Waals surface area (Å²) in [7, 11) is 0. The average molecular weight is 242 g/mol. The van der Waals surface area contributed by atoms with Crippen molar-refractivity contribution in [2.45, 2.75) is 57.7 Å². The summed E-state index contributed by atoms with van der Waals surface area (Å²) in [6, 6.07) is 1.58. The molecule has 16 heavy (non-hydrogen) atoms. The van der Waals surface area contributed by atoms with Crippen LogP contribution in [-0.2, 0) is 0 Å². The minimum atomic E-state index is 0.355.